The van der Waals surface area contributed by atoms with Crippen LogP contribution in [-0.2, 0) is 0 Å². The molecule has 0 bridgehead atoms. The van der Waals surface area contributed by atoms with E-state index in [9.17, 15) is 9.59 Å². The molecule has 0 fully saturated rings. The molecule has 0 spiro atoms. The summed E-state index contributed by atoms with van der Waals surface area (Å²) >= 11 is 2.89. The van der Waals surface area contributed by atoms with Crippen LogP contribution in [0.3, 0.4) is 0 Å². The maximum absolute atomic E-state index is 12.4. The number of nitrogens with zero attached hydrogens (tertiary/aromatic N) is 2. The van der Waals surface area contributed by atoms with Gasteiger partial charge in [0.25, 0.3) is 5.91 Å². The first-order valence-corrected chi connectivity index (χ1v) is 9.61. The predicted molar refractivity (Wildman–Crippen MR) is 101 cm³/mol. The van der Waals surface area contributed by atoms with Crippen molar-refractivity contribution in [3.05, 3.63) is 45.3 Å². The van der Waals surface area contributed by atoms with Crippen LogP contribution >= 0.6 is 23.1 Å². The van der Waals surface area contributed by atoms with E-state index in [1.165, 1.54) is 17.4 Å². The number of rotatable bonds is 5. The van der Waals surface area contributed by atoms with Crippen LogP contribution in [0.25, 0.3) is 11.0 Å². The van der Waals surface area contributed by atoms with Crippen molar-refractivity contribution in [2.45, 2.75) is 31.5 Å². The van der Waals surface area contributed by atoms with E-state index in [2.05, 4.69) is 22.4 Å². The van der Waals surface area contributed by atoms with Gasteiger partial charge in [-0.15, -0.1) is 10.2 Å². The molecular weight excluding hydrogens is 358 g/mol. The summed E-state index contributed by atoms with van der Waals surface area (Å²) in [7, 11) is 0. The topological polar surface area (TPSA) is 85.1 Å². The van der Waals surface area contributed by atoms with Crippen LogP contribution in [0.15, 0.2) is 31.8 Å². The van der Waals surface area contributed by atoms with Crippen molar-refractivity contribution in [3.63, 3.8) is 0 Å². The number of thioether (sulfide) groups is 1. The fourth-order valence-corrected chi connectivity index (χ4v) is 3.90. The van der Waals surface area contributed by atoms with Crippen LogP contribution in [0, 0.1) is 13.8 Å². The molecule has 0 saturated heterocycles. The van der Waals surface area contributed by atoms with Crippen LogP contribution in [0.1, 0.15) is 35.0 Å². The average molecular weight is 375 g/mol. The van der Waals surface area contributed by atoms with Gasteiger partial charge >= 0.3 is 0 Å². The van der Waals surface area contributed by atoms with E-state index >= 15 is 0 Å². The Hall–Kier alpha value is -2.19. The average Bonchev–Trinajstić information content (AvgIpc) is 3.03. The molecule has 0 unspecified atom stereocenters. The molecule has 3 rings (SSSR count). The van der Waals surface area contributed by atoms with Gasteiger partial charge in [0.15, 0.2) is 15.5 Å². The van der Waals surface area contributed by atoms with Crippen molar-refractivity contribution in [1.82, 2.24) is 10.2 Å². The standard InChI is InChI=1S/C17H17N3O3S2/c1-4-7-24-17-20-19-16(25-17)18-15(22)13-8-12(21)11-6-5-9(2)10(3)14(11)23-13/h5-6,8H,4,7H2,1-3H3,(H,18,19,22). The number of anilines is 1. The van der Waals surface area contributed by atoms with Gasteiger partial charge in [0, 0.05) is 11.8 Å². The van der Waals surface area contributed by atoms with Crippen LogP contribution < -0.4 is 10.7 Å². The van der Waals surface area contributed by atoms with Crippen molar-refractivity contribution in [2.75, 3.05) is 11.1 Å². The molecule has 6 nitrogen and oxygen atoms in total. The summed E-state index contributed by atoms with van der Waals surface area (Å²) in [6, 6.07) is 4.79. The van der Waals surface area contributed by atoms with E-state index in [4.69, 9.17) is 4.42 Å². The molecule has 0 aliphatic rings. The highest BCUT2D eigenvalue weighted by molar-refractivity contribution is 8.01. The zero-order valence-electron chi connectivity index (χ0n) is 14.1. The zero-order chi connectivity index (χ0) is 18.0. The van der Waals surface area contributed by atoms with E-state index in [0.717, 1.165) is 27.6 Å². The highest BCUT2D eigenvalue weighted by atomic mass is 32.2. The SMILES string of the molecule is CCCSc1nnc(NC(=O)c2cc(=O)c3ccc(C)c(C)c3o2)s1. The van der Waals surface area contributed by atoms with Gasteiger partial charge in [-0.25, -0.2) is 0 Å². The van der Waals surface area contributed by atoms with Crippen molar-refractivity contribution in [3.8, 4) is 0 Å². The summed E-state index contributed by atoms with van der Waals surface area (Å²) in [5.41, 5.74) is 2.04. The van der Waals surface area contributed by atoms with Crippen LogP contribution in [0.5, 0.6) is 0 Å². The number of amides is 1. The second-order valence-corrected chi connectivity index (χ2v) is 7.85. The number of carbonyl (C=O) groups excluding carboxylic acids is 1. The Balaban J connectivity index is 1.88. The molecule has 0 saturated carbocycles. The molecule has 0 aliphatic carbocycles. The Morgan fingerprint density at radius 2 is 2.12 bits per heavy atom. The van der Waals surface area contributed by atoms with Gasteiger partial charge in [-0.2, -0.15) is 0 Å². The van der Waals surface area contributed by atoms with Gasteiger partial charge < -0.3 is 4.42 Å². The van der Waals surface area contributed by atoms with Crippen LogP contribution in [0.2, 0.25) is 0 Å². The lowest BCUT2D eigenvalue weighted by Crippen LogP contribution is -2.15. The molecule has 2 heterocycles. The number of benzene rings is 1. The first-order chi connectivity index (χ1) is 12.0. The summed E-state index contributed by atoms with van der Waals surface area (Å²) in [4.78, 5) is 24.7. The zero-order valence-corrected chi connectivity index (χ0v) is 15.7. The molecular formula is C17H17N3O3S2. The van der Waals surface area contributed by atoms with Crippen molar-refractivity contribution >= 4 is 45.1 Å². The molecule has 1 amide bonds. The lowest BCUT2D eigenvalue weighted by atomic mass is 10.1. The molecule has 25 heavy (non-hydrogen) atoms. The van der Waals surface area contributed by atoms with Gasteiger partial charge in [-0.1, -0.05) is 36.1 Å². The lowest BCUT2D eigenvalue weighted by Gasteiger charge is -2.06. The quantitative estimate of drug-likeness (QED) is 0.536. The number of nitrogens with one attached hydrogen (secondary N) is 1. The normalized spacial score (nSPS) is 11.0. The van der Waals surface area contributed by atoms with Crippen molar-refractivity contribution in [1.29, 1.82) is 0 Å². The molecule has 130 valence electrons. The second kappa shape index (κ2) is 7.37. The molecule has 0 radical (unpaired) electrons. The minimum atomic E-state index is -0.511. The Kier molecular flexibility index (Phi) is 5.19. The Morgan fingerprint density at radius 1 is 1.32 bits per heavy atom. The molecule has 0 aliphatic heterocycles. The fraction of sp³-hybridized carbons (Fsp3) is 0.294. The highest BCUT2D eigenvalue weighted by Gasteiger charge is 2.16. The smallest absolute Gasteiger partial charge is 0.293 e. The lowest BCUT2D eigenvalue weighted by molar-refractivity contribution is 0.0997. The van der Waals surface area contributed by atoms with Gasteiger partial charge in [0.2, 0.25) is 5.13 Å². The van der Waals surface area contributed by atoms with E-state index in [1.54, 1.807) is 17.8 Å². The Labute approximate surface area is 152 Å². The maximum atomic E-state index is 12.4. The first kappa shape index (κ1) is 17.6. The Bertz CT molecular complexity index is 994. The number of hydrogen-bond acceptors (Lipinski definition) is 7. The van der Waals surface area contributed by atoms with Crippen LogP contribution in [0.4, 0.5) is 5.13 Å². The van der Waals surface area contributed by atoms with E-state index in [-0.39, 0.29) is 11.2 Å². The third-order valence-electron chi connectivity index (χ3n) is 3.70. The number of aryl methyl sites for hydroxylation is 2. The number of hydrogen-bond donors (Lipinski definition) is 1. The van der Waals surface area contributed by atoms with E-state index in [1.807, 2.05) is 19.9 Å². The Morgan fingerprint density at radius 3 is 2.88 bits per heavy atom. The largest absolute Gasteiger partial charge is 0.450 e. The second-order valence-electron chi connectivity index (χ2n) is 5.53. The van der Waals surface area contributed by atoms with Gasteiger partial charge in [-0.3, -0.25) is 14.9 Å². The van der Waals surface area contributed by atoms with Crippen molar-refractivity contribution < 1.29 is 9.21 Å². The molecule has 1 N–H and O–H groups in total. The predicted octanol–water partition coefficient (Wildman–Crippen LogP) is 4.02. The summed E-state index contributed by atoms with van der Waals surface area (Å²) in [5.74, 6) is 0.396. The number of fused-ring (bicyclic) bond motifs is 1. The minimum Gasteiger partial charge on any atom is -0.450 e. The van der Waals surface area contributed by atoms with Crippen molar-refractivity contribution in [2.24, 2.45) is 0 Å². The van der Waals surface area contributed by atoms with Crippen LogP contribution in [-0.4, -0.2) is 21.9 Å². The summed E-state index contributed by atoms with van der Waals surface area (Å²) < 4.78 is 6.49. The fourth-order valence-electron chi connectivity index (χ4n) is 2.23. The minimum absolute atomic E-state index is 0.0378. The van der Waals surface area contributed by atoms with E-state index < -0.39 is 5.91 Å². The number of carbonyl (C=O) groups is 1. The summed E-state index contributed by atoms with van der Waals surface area (Å²) in [6.07, 6.45) is 1.03. The van der Waals surface area contributed by atoms with E-state index in [0.29, 0.717) is 16.1 Å². The molecule has 8 heteroatoms. The molecule has 3 aromatic rings. The van der Waals surface area contributed by atoms with Gasteiger partial charge in [0.1, 0.15) is 5.58 Å². The third kappa shape index (κ3) is 3.74. The van der Waals surface area contributed by atoms with Gasteiger partial charge in [-0.05, 0) is 37.5 Å². The molecule has 1 aromatic carbocycles. The number of aromatic nitrogens is 2. The van der Waals surface area contributed by atoms with Gasteiger partial charge in [0.05, 0.1) is 5.39 Å². The summed E-state index contributed by atoms with van der Waals surface area (Å²) in [6.45, 7) is 5.88. The summed E-state index contributed by atoms with van der Waals surface area (Å²) in [5, 5.41) is 11.5. The molecule has 0 atom stereocenters. The maximum Gasteiger partial charge on any atom is 0.293 e. The third-order valence-corrected chi connectivity index (χ3v) is 5.87. The highest BCUT2D eigenvalue weighted by Crippen LogP contribution is 2.26. The monoisotopic (exact) mass is 375 g/mol. The first-order valence-electron chi connectivity index (χ1n) is 7.81. The molecule has 2 aromatic heterocycles.